The van der Waals surface area contributed by atoms with Crippen LogP contribution >= 0.6 is 0 Å². The van der Waals surface area contributed by atoms with E-state index in [9.17, 15) is 5.11 Å². The Kier molecular flexibility index (Phi) is 5.83. The van der Waals surface area contributed by atoms with Crippen LogP contribution in [0.15, 0.2) is 24.3 Å². The first kappa shape index (κ1) is 15.3. The molecule has 112 valence electrons. The smallest absolute Gasteiger partial charge is 0.123 e. The Bertz CT molecular complexity index is 403. The van der Waals surface area contributed by atoms with Crippen molar-refractivity contribution in [1.82, 2.24) is 9.80 Å². The second-order valence-corrected chi connectivity index (χ2v) is 5.54. The van der Waals surface area contributed by atoms with Gasteiger partial charge in [-0.05, 0) is 39.0 Å². The van der Waals surface area contributed by atoms with Gasteiger partial charge in [0.15, 0.2) is 0 Å². The fourth-order valence-corrected chi connectivity index (χ4v) is 2.93. The van der Waals surface area contributed by atoms with Gasteiger partial charge in [0.1, 0.15) is 5.75 Å². The number of hydrogen-bond acceptors (Lipinski definition) is 4. The lowest BCUT2D eigenvalue weighted by Gasteiger charge is -2.37. The number of para-hydroxylation sites is 1. The van der Waals surface area contributed by atoms with Gasteiger partial charge in [-0.1, -0.05) is 18.2 Å². The Balaban J connectivity index is 2.05. The van der Waals surface area contributed by atoms with E-state index in [2.05, 4.69) is 22.9 Å². The first-order valence-corrected chi connectivity index (χ1v) is 7.40. The van der Waals surface area contributed by atoms with Crippen LogP contribution in [-0.4, -0.2) is 61.3 Å². The molecule has 1 aliphatic rings. The zero-order chi connectivity index (χ0) is 14.4. The molecule has 1 aliphatic heterocycles. The molecule has 1 N–H and O–H groups in total. The highest BCUT2D eigenvalue weighted by Crippen LogP contribution is 2.23. The highest BCUT2D eigenvalue weighted by Gasteiger charge is 2.23. The molecule has 0 unspecified atom stereocenters. The van der Waals surface area contributed by atoms with Gasteiger partial charge in [-0.25, -0.2) is 0 Å². The molecule has 0 atom stereocenters. The predicted octanol–water partition coefficient (Wildman–Crippen LogP) is 1.58. The largest absolute Gasteiger partial charge is 0.496 e. The van der Waals surface area contributed by atoms with Crippen molar-refractivity contribution < 1.29 is 9.84 Å². The molecular weight excluding hydrogens is 252 g/mol. The van der Waals surface area contributed by atoms with E-state index in [0.29, 0.717) is 6.04 Å². The monoisotopic (exact) mass is 278 g/mol. The molecule has 0 amide bonds. The molecule has 1 heterocycles. The highest BCUT2D eigenvalue weighted by molar-refractivity contribution is 5.33. The first-order chi connectivity index (χ1) is 9.74. The minimum Gasteiger partial charge on any atom is -0.496 e. The Morgan fingerprint density at radius 1 is 1.30 bits per heavy atom. The van der Waals surface area contributed by atoms with Crippen molar-refractivity contribution in [2.45, 2.75) is 25.4 Å². The standard InChI is InChI=1S/C16H26N2O2/c1-17-9-7-15(8-10-17)18(11-12-19)13-14-5-3-4-6-16(14)20-2/h3-6,15,19H,7-13H2,1-2H3. The lowest BCUT2D eigenvalue weighted by molar-refractivity contribution is 0.0934. The summed E-state index contributed by atoms with van der Waals surface area (Å²) in [6, 6.07) is 8.71. The molecule has 1 saturated heterocycles. The molecule has 0 saturated carbocycles. The van der Waals surface area contributed by atoms with E-state index in [0.717, 1.165) is 31.9 Å². The van der Waals surface area contributed by atoms with E-state index in [1.807, 2.05) is 18.2 Å². The molecule has 0 spiro atoms. The minimum absolute atomic E-state index is 0.210. The zero-order valence-corrected chi connectivity index (χ0v) is 12.6. The van der Waals surface area contributed by atoms with E-state index in [4.69, 9.17) is 4.74 Å². The molecule has 0 bridgehead atoms. The number of methoxy groups -OCH3 is 1. The van der Waals surface area contributed by atoms with Crippen LogP contribution in [0.1, 0.15) is 18.4 Å². The summed E-state index contributed by atoms with van der Waals surface area (Å²) < 4.78 is 5.43. The van der Waals surface area contributed by atoms with Gasteiger partial charge in [0.25, 0.3) is 0 Å². The minimum atomic E-state index is 0.210. The van der Waals surface area contributed by atoms with Crippen LogP contribution in [0.5, 0.6) is 5.75 Å². The van der Waals surface area contributed by atoms with Crippen LogP contribution in [0, 0.1) is 0 Å². The summed E-state index contributed by atoms with van der Waals surface area (Å²) in [6.45, 7) is 4.06. The first-order valence-electron chi connectivity index (χ1n) is 7.40. The van der Waals surface area contributed by atoms with Crippen LogP contribution in [0.25, 0.3) is 0 Å². The van der Waals surface area contributed by atoms with Crippen molar-refractivity contribution in [3.8, 4) is 5.75 Å². The Hall–Kier alpha value is -1.10. The average Bonchev–Trinajstić information content (AvgIpc) is 2.48. The van der Waals surface area contributed by atoms with Gasteiger partial charge in [-0.2, -0.15) is 0 Å². The number of piperidine rings is 1. The maximum atomic E-state index is 9.34. The molecule has 4 heteroatoms. The van der Waals surface area contributed by atoms with Gasteiger partial charge in [-0.15, -0.1) is 0 Å². The van der Waals surface area contributed by atoms with Crippen LogP contribution in [0.3, 0.4) is 0 Å². The third kappa shape index (κ3) is 3.95. The van der Waals surface area contributed by atoms with Crippen LogP contribution in [-0.2, 0) is 6.54 Å². The number of nitrogens with zero attached hydrogens (tertiary/aromatic N) is 2. The lowest BCUT2D eigenvalue weighted by atomic mass is 10.0. The summed E-state index contributed by atoms with van der Waals surface area (Å²) in [5.41, 5.74) is 1.20. The van der Waals surface area contributed by atoms with Crippen LogP contribution < -0.4 is 4.74 Å². The normalized spacial score (nSPS) is 17.6. The van der Waals surface area contributed by atoms with Crippen molar-refractivity contribution in [3.63, 3.8) is 0 Å². The number of likely N-dealkylation sites (tertiary alicyclic amines) is 1. The summed E-state index contributed by atoms with van der Waals surface area (Å²) in [5, 5.41) is 9.34. The fourth-order valence-electron chi connectivity index (χ4n) is 2.93. The maximum absolute atomic E-state index is 9.34. The third-order valence-corrected chi connectivity index (χ3v) is 4.16. The van der Waals surface area contributed by atoms with Gasteiger partial charge < -0.3 is 14.7 Å². The molecule has 0 aliphatic carbocycles. The molecule has 2 rings (SSSR count). The Morgan fingerprint density at radius 2 is 2.00 bits per heavy atom. The van der Waals surface area contributed by atoms with E-state index < -0.39 is 0 Å². The summed E-state index contributed by atoms with van der Waals surface area (Å²) in [6.07, 6.45) is 2.34. The molecule has 0 aromatic heterocycles. The van der Waals surface area contributed by atoms with Gasteiger partial charge in [0, 0.05) is 24.7 Å². The molecule has 1 aromatic rings. The van der Waals surface area contributed by atoms with Crippen molar-refractivity contribution in [2.24, 2.45) is 0 Å². The Morgan fingerprint density at radius 3 is 2.65 bits per heavy atom. The third-order valence-electron chi connectivity index (χ3n) is 4.16. The van der Waals surface area contributed by atoms with Crippen molar-refractivity contribution >= 4 is 0 Å². The van der Waals surface area contributed by atoms with Crippen molar-refractivity contribution in [2.75, 3.05) is 40.4 Å². The number of hydrogen-bond donors (Lipinski definition) is 1. The number of aliphatic hydroxyl groups is 1. The molecular formula is C16H26N2O2. The summed E-state index contributed by atoms with van der Waals surface area (Å²) in [5.74, 6) is 0.934. The zero-order valence-electron chi connectivity index (χ0n) is 12.6. The van der Waals surface area contributed by atoms with E-state index in [-0.39, 0.29) is 6.61 Å². The topological polar surface area (TPSA) is 35.9 Å². The van der Waals surface area contributed by atoms with Crippen LogP contribution in [0.4, 0.5) is 0 Å². The van der Waals surface area contributed by atoms with Crippen molar-refractivity contribution in [3.05, 3.63) is 29.8 Å². The molecule has 4 nitrogen and oxygen atoms in total. The number of ether oxygens (including phenoxy) is 1. The average molecular weight is 278 g/mol. The lowest BCUT2D eigenvalue weighted by Crippen LogP contribution is -2.44. The highest BCUT2D eigenvalue weighted by atomic mass is 16.5. The summed E-state index contributed by atoms with van der Waals surface area (Å²) in [7, 11) is 3.89. The van der Waals surface area contributed by atoms with Gasteiger partial charge in [0.2, 0.25) is 0 Å². The summed E-state index contributed by atoms with van der Waals surface area (Å²) >= 11 is 0. The second kappa shape index (κ2) is 7.62. The Labute approximate surface area is 122 Å². The van der Waals surface area contributed by atoms with E-state index >= 15 is 0 Å². The van der Waals surface area contributed by atoms with E-state index in [1.165, 1.54) is 18.4 Å². The second-order valence-electron chi connectivity index (χ2n) is 5.54. The van der Waals surface area contributed by atoms with Crippen molar-refractivity contribution in [1.29, 1.82) is 0 Å². The molecule has 20 heavy (non-hydrogen) atoms. The van der Waals surface area contributed by atoms with Gasteiger partial charge >= 0.3 is 0 Å². The molecule has 1 aromatic carbocycles. The van der Waals surface area contributed by atoms with E-state index in [1.54, 1.807) is 7.11 Å². The summed E-state index contributed by atoms with van der Waals surface area (Å²) in [4.78, 5) is 4.77. The van der Waals surface area contributed by atoms with Gasteiger partial charge in [-0.3, -0.25) is 4.90 Å². The predicted molar refractivity (Wildman–Crippen MR) is 81.0 cm³/mol. The molecule has 0 radical (unpaired) electrons. The maximum Gasteiger partial charge on any atom is 0.123 e. The SMILES string of the molecule is COc1ccccc1CN(CCO)C1CCN(C)CC1. The molecule has 1 fully saturated rings. The number of rotatable bonds is 6. The quantitative estimate of drug-likeness (QED) is 0.857. The van der Waals surface area contributed by atoms with Crippen LogP contribution in [0.2, 0.25) is 0 Å². The number of aliphatic hydroxyl groups excluding tert-OH is 1. The number of benzene rings is 1. The van der Waals surface area contributed by atoms with Gasteiger partial charge in [0.05, 0.1) is 13.7 Å². The fraction of sp³-hybridized carbons (Fsp3) is 0.625.